The Kier molecular flexibility index (Phi) is 3.04. The lowest BCUT2D eigenvalue weighted by molar-refractivity contribution is -0.159. The van der Waals surface area contributed by atoms with Crippen molar-refractivity contribution in [1.29, 1.82) is 0 Å². The Balaban J connectivity index is 2.08. The molecular formula is C15H17NO5. The highest BCUT2D eigenvalue weighted by Gasteiger charge is 2.49. The highest BCUT2D eigenvalue weighted by Crippen LogP contribution is 2.42. The van der Waals surface area contributed by atoms with Gasteiger partial charge in [0, 0.05) is 13.0 Å². The van der Waals surface area contributed by atoms with Gasteiger partial charge in [-0.25, -0.2) is 4.79 Å². The quantitative estimate of drug-likeness (QED) is 0.914. The standard InChI is InChI=1S/C15H17NO5/c1-9(17)16(11-4-5-11)15(2,14(18)19)10-3-6-12-13(7-10)21-8-20-12/h3,6-7,11H,4-5,8H2,1-2H3,(H,18,19). The molecule has 1 N–H and O–H groups in total. The molecule has 0 bridgehead atoms. The molecule has 1 amide bonds. The minimum Gasteiger partial charge on any atom is -0.479 e. The fraction of sp³-hybridized carbons (Fsp3) is 0.467. The lowest BCUT2D eigenvalue weighted by Crippen LogP contribution is -2.53. The molecule has 1 fully saturated rings. The van der Waals surface area contributed by atoms with Crippen LogP contribution in [0.25, 0.3) is 0 Å². The largest absolute Gasteiger partial charge is 0.479 e. The topological polar surface area (TPSA) is 76.1 Å². The minimum absolute atomic E-state index is 0.00553. The molecule has 6 nitrogen and oxygen atoms in total. The molecule has 2 aliphatic rings. The number of carboxylic acid groups (broad SMARTS) is 1. The normalized spacial score (nSPS) is 19.0. The third-order valence-electron chi connectivity index (χ3n) is 4.08. The van der Waals surface area contributed by atoms with Crippen molar-refractivity contribution in [3.05, 3.63) is 23.8 Å². The van der Waals surface area contributed by atoms with Crippen molar-refractivity contribution in [1.82, 2.24) is 4.90 Å². The van der Waals surface area contributed by atoms with Crippen molar-refractivity contribution >= 4 is 11.9 Å². The van der Waals surface area contributed by atoms with Crippen LogP contribution in [0.4, 0.5) is 0 Å². The van der Waals surface area contributed by atoms with E-state index in [9.17, 15) is 14.7 Å². The second kappa shape index (κ2) is 4.65. The number of benzene rings is 1. The lowest BCUT2D eigenvalue weighted by atomic mass is 9.89. The highest BCUT2D eigenvalue weighted by molar-refractivity contribution is 5.87. The second-order valence-electron chi connectivity index (χ2n) is 5.57. The van der Waals surface area contributed by atoms with Crippen LogP contribution in [0, 0.1) is 0 Å². The maximum Gasteiger partial charge on any atom is 0.334 e. The average Bonchev–Trinajstić information content (AvgIpc) is 3.13. The van der Waals surface area contributed by atoms with E-state index in [1.165, 1.54) is 11.8 Å². The highest BCUT2D eigenvalue weighted by atomic mass is 16.7. The number of amides is 1. The predicted molar refractivity (Wildman–Crippen MR) is 73.1 cm³/mol. The zero-order valence-electron chi connectivity index (χ0n) is 12.0. The van der Waals surface area contributed by atoms with Gasteiger partial charge in [0.25, 0.3) is 0 Å². The number of ether oxygens (including phenoxy) is 2. The molecule has 1 aromatic rings. The first-order chi connectivity index (χ1) is 9.94. The van der Waals surface area contributed by atoms with E-state index in [1.54, 1.807) is 25.1 Å². The van der Waals surface area contributed by atoms with E-state index in [2.05, 4.69) is 0 Å². The molecule has 1 atom stereocenters. The van der Waals surface area contributed by atoms with E-state index in [0.717, 1.165) is 12.8 Å². The van der Waals surface area contributed by atoms with Crippen molar-refractivity contribution in [3.8, 4) is 11.5 Å². The zero-order valence-corrected chi connectivity index (χ0v) is 12.0. The van der Waals surface area contributed by atoms with Crippen molar-refractivity contribution in [3.63, 3.8) is 0 Å². The van der Waals surface area contributed by atoms with Crippen molar-refractivity contribution in [2.45, 2.75) is 38.3 Å². The first-order valence-electron chi connectivity index (χ1n) is 6.88. The van der Waals surface area contributed by atoms with Crippen LogP contribution in [0.1, 0.15) is 32.3 Å². The van der Waals surface area contributed by atoms with E-state index in [4.69, 9.17) is 9.47 Å². The van der Waals surface area contributed by atoms with Crippen LogP contribution >= 0.6 is 0 Å². The Morgan fingerprint density at radius 3 is 2.52 bits per heavy atom. The van der Waals surface area contributed by atoms with Gasteiger partial charge in [0.05, 0.1) is 0 Å². The number of fused-ring (bicyclic) bond motifs is 1. The summed E-state index contributed by atoms with van der Waals surface area (Å²) in [5, 5.41) is 9.76. The molecule has 1 aliphatic heterocycles. The summed E-state index contributed by atoms with van der Waals surface area (Å²) < 4.78 is 10.6. The van der Waals surface area contributed by atoms with Gasteiger partial charge < -0.3 is 19.5 Å². The lowest BCUT2D eigenvalue weighted by Gasteiger charge is -2.38. The Morgan fingerprint density at radius 2 is 1.95 bits per heavy atom. The van der Waals surface area contributed by atoms with Gasteiger partial charge in [-0.2, -0.15) is 0 Å². The summed E-state index contributed by atoms with van der Waals surface area (Å²) in [7, 11) is 0. The second-order valence-corrected chi connectivity index (χ2v) is 5.57. The summed E-state index contributed by atoms with van der Waals surface area (Å²) in [6, 6.07) is 5.01. The summed E-state index contributed by atoms with van der Waals surface area (Å²) in [6.45, 7) is 3.10. The van der Waals surface area contributed by atoms with Gasteiger partial charge in [0.15, 0.2) is 17.0 Å². The van der Waals surface area contributed by atoms with Crippen LogP contribution in [0.15, 0.2) is 18.2 Å². The first-order valence-corrected chi connectivity index (χ1v) is 6.88. The molecule has 1 saturated carbocycles. The molecule has 0 aromatic heterocycles. The molecule has 112 valence electrons. The number of carbonyl (C=O) groups is 2. The predicted octanol–water partition coefficient (Wildman–Crippen LogP) is 1.73. The maximum absolute atomic E-state index is 12.0. The number of nitrogens with zero attached hydrogens (tertiary/aromatic N) is 1. The van der Waals surface area contributed by atoms with E-state index < -0.39 is 11.5 Å². The van der Waals surface area contributed by atoms with Crippen LogP contribution in [0.2, 0.25) is 0 Å². The third kappa shape index (κ3) is 2.11. The summed E-state index contributed by atoms with van der Waals surface area (Å²) in [5.74, 6) is -0.185. The van der Waals surface area contributed by atoms with Gasteiger partial charge >= 0.3 is 5.97 Å². The molecule has 0 spiro atoms. The first kappa shape index (κ1) is 13.7. The van der Waals surface area contributed by atoms with E-state index in [0.29, 0.717) is 17.1 Å². The van der Waals surface area contributed by atoms with Crippen LogP contribution < -0.4 is 9.47 Å². The van der Waals surface area contributed by atoms with Crippen LogP contribution in [0.3, 0.4) is 0 Å². The smallest absolute Gasteiger partial charge is 0.334 e. The van der Waals surface area contributed by atoms with Crippen molar-refractivity contribution < 1.29 is 24.2 Å². The monoisotopic (exact) mass is 291 g/mol. The molecule has 1 aliphatic carbocycles. The van der Waals surface area contributed by atoms with Crippen LogP contribution in [0.5, 0.6) is 11.5 Å². The molecule has 3 rings (SSSR count). The Bertz CT molecular complexity index is 610. The van der Waals surface area contributed by atoms with Gasteiger partial charge in [-0.3, -0.25) is 4.79 Å². The molecule has 6 heteroatoms. The Morgan fingerprint density at radius 1 is 1.29 bits per heavy atom. The number of rotatable bonds is 4. The van der Waals surface area contributed by atoms with Crippen molar-refractivity contribution in [2.24, 2.45) is 0 Å². The van der Waals surface area contributed by atoms with Crippen LogP contribution in [-0.2, 0) is 15.1 Å². The molecule has 0 radical (unpaired) electrons. The summed E-state index contributed by atoms with van der Waals surface area (Å²) in [4.78, 5) is 25.4. The number of carboxylic acids is 1. The zero-order chi connectivity index (χ0) is 15.2. The molecule has 1 unspecified atom stereocenters. The van der Waals surface area contributed by atoms with Gasteiger partial charge in [0.1, 0.15) is 0 Å². The molecule has 0 saturated heterocycles. The van der Waals surface area contributed by atoms with E-state index in [1.807, 2.05) is 0 Å². The minimum atomic E-state index is -1.41. The Labute approximate surface area is 122 Å². The third-order valence-corrected chi connectivity index (χ3v) is 4.08. The van der Waals surface area contributed by atoms with Crippen molar-refractivity contribution in [2.75, 3.05) is 6.79 Å². The number of hydrogen-bond acceptors (Lipinski definition) is 4. The average molecular weight is 291 g/mol. The fourth-order valence-corrected chi connectivity index (χ4v) is 2.83. The summed E-state index contributed by atoms with van der Waals surface area (Å²) in [5.41, 5.74) is -0.894. The maximum atomic E-state index is 12.0. The van der Waals surface area contributed by atoms with Gasteiger partial charge in [-0.1, -0.05) is 6.07 Å². The summed E-state index contributed by atoms with van der Waals surface area (Å²) >= 11 is 0. The van der Waals surface area contributed by atoms with Gasteiger partial charge in [-0.05, 0) is 37.5 Å². The number of aliphatic carboxylic acids is 1. The number of carbonyl (C=O) groups excluding carboxylic acids is 1. The van der Waals surface area contributed by atoms with Gasteiger partial charge in [0.2, 0.25) is 12.7 Å². The fourth-order valence-electron chi connectivity index (χ4n) is 2.83. The van der Waals surface area contributed by atoms with Gasteiger partial charge in [-0.15, -0.1) is 0 Å². The van der Waals surface area contributed by atoms with Crippen LogP contribution in [-0.4, -0.2) is 34.7 Å². The van der Waals surface area contributed by atoms with E-state index in [-0.39, 0.29) is 18.7 Å². The number of hydrogen-bond donors (Lipinski definition) is 1. The SMILES string of the molecule is CC(=O)N(C1CC1)C(C)(C(=O)O)c1ccc2c(c1)OCO2. The molecule has 1 aromatic carbocycles. The molecule has 1 heterocycles. The summed E-state index contributed by atoms with van der Waals surface area (Å²) in [6.07, 6.45) is 1.68. The van der Waals surface area contributed by atoms with E-state index >= 15 is 0 Å². The molecular weight excluding hydrogens is 274 g/mol. The molecule has 21 heavy (non-hydrogen) atoms. The Hall–Kier alpha value is -2.24.